The molecule has 1 saturated carbocycles. The topological polar surface area (TPSA) is 49.4 Å². The second-order valence-electron chi connectivity index (χ2n) is 7.11. The molecule has 2 aliphatic rings. The molecule has 1 aliphatic heterocycles. The SMILES string of the molecule is O=C(NCc1ccc(F)cc1Cl)[C@H]1c2ccccc2CCN1C(=O)C1CC1. The molecule has 1 atom stereocenters. The molecular formula is C21H20ClFN2O2. The lowest BCUT2D eigenvalue weighted by molar-refractivity contribution is -0.142. The van der Waals surface area contributed by atoms with Crippen LogP contribution in [0.1, 0.15) is 35.6 Å². The van der Waals surface area contributed by atoms with Gasteiger partial charge in [-0.05, 0) is 48.1 Å². The Kier molecular flexibility index (Phi) is 4.87. The summed E-state index contributed by atoms with van der Waals surface area (Å²) in [5.74, 6) is -0.546. The smallest absolute Gasteiger partial charge is 0.247 e. The number of fused-ring (bicyclic) bond motifs is 1. The summed E-state index contributed by atoms with van der Waals surface area (Å²) in [5, 5.41) is 3.14. The summed E-state index contributed by atoms with van der Waals surface area (Å²) < 4.78 is 13.2. The Hall–Kier alpha value is -2.40. The third-order valence-electron chi connectivity index (χ3n) is 5.21. The highest BCUT2D eigenvalue weighted by atomic mass is 35.5. The number of carbonyl (C=O) groups excluding carboxylic acids is 2. The number of hydrogen-bond acceptors (Lipinski definition) is 2. The molecule has 2 amide bonds. The van der Waals surface area contributed by atoms with E-state index < -0.39 is 11.9 Å². The number of halogens is 2. The lowest BCUT2D eigenvalue weighted by Gasteiger charge is -2.36. The van der Waals surface area contributed by atoms with Crippen LogP contribution in [0.15, 0.2) is 42.5 Å². The van der Waals surface area contributed by atoms with Crippen molar-refractivity contribution in [1.82, 2.24) is 10.2 Å². The molecule has 27 heavy (non-hydrogen) atoms. The highest BCUT2D eigenvalue weighted by molar-refractivity contribution is 6.31. The maximum atomic E-state index is 13.2. The molecule has 0 aromatic heterocycles. The Morgan fingerprint density at radius 3 is 2.70 bits per heavy atom. The molecule has 2 aromatic rings. The Bertz CT molecular complexity index is 898. The summed E-state index contributed by atoms with van der Waals surface area (Å²) in [6, 6.07) is 11.2. The molecule has 2 aromatic carbocycles. The van der Waals surface area contributed by atoms with Crippen LogP contribution in [0.5, 0.6) is 0 Å². The van der Waals surface area contributed by atoms with Gasteiger partial charge in [-0.2, -0.15) is 0 Å². The maximum absolute atomic E-state index is 13.2. The van der Waals surface area contributed by atoms with Crippen molar-refractivity contribution in [2.45, 2.75) is 31.8 Å². The van der Waals surface area contributed by atoms with Crippen LogP contribution in [-0.4, -0.2) is 23.3 Å². The van der Waals surface area contributed by atoms with Crippen molar-refractivity contribution >= 4 is 23.4 Å². The second kappa shape index (κ2) is 7.31. The fraction of sp³-hybridized carbons (Fsp3) is 0.333. The quantitative estimate of drug-likeness (QED) is 0.872. The first-order chi connectivity index (χ1) is 13.0. The third-order valence-corrected chi connectivity index (χ3v) is 5.56. The third kappa shape index (κ3) is 3.69. The number of benzene rings is 2. The Labute approximate surface area is 162 Å². The monoisotopic (exact) mass is 386 g/mol. The summed E-state index contributed by atoms with van der Waals surface area (Å²) in [5.41, 5.74) is 2.60. The van der Waals surface area contributed by atoms with E-state index in [2.05, 4.69) is 5.32 Å². The minimum Gasteiger partial charge on any atom is -0.350 e. The molecule has 0 radical (unpaired) electrons. The zero-order valence-corrected chi connectivity index (χ0v) is 15.5. The van der Waals surface area contributed by atoms with Crippen LogP contribution in [0.25, 0.3) is 0 Å². The second-order valence-corrected chi connectivity index (χ2v) is 7.52. The zero-order chi connectivity index (χ0) is 19.0. The number of amides is 2. The van der Waals surface area contributed by atoms with Crippen molar-refractivity contribution in [2.75, 3.05) is 6.54 Å². The predicted octanol–water partition coefficient (Wildman–Crippen LogP) is 3.63. The van der Waals surface area contributed by atoms with E-state index in [0.717, 1.165) is 30.4 Å². The van der Waals surface area contributed by atoms with Gasteiger partial charge in [0.25, 0.3) is 0 Å². The van der Waals surface area contributed by atoms with Crippen LogP contribution in [-0.2, 0) is 22.6 Å². The van der Waals surface area contributed by atoms with E-state index in [-0.39, 0.29) is 29.3 Å². The summed E-state index contributed by atoms with van der Waals surface area (Å²) >= 11 is 6.05. The highest BCUT2D eigenvalue weighted by Gasteiger charge is 2.41. The molecule has 1 N–H and O–H groups in total. The molecule has 1 aliphatic carbocycles. The van der Waals surface area contributed by atoms with E-state index in [9.17, 15) is 14.0 Å². The maximum Gasteiger partial charge on any atom is 0.247 e. The van der Waals surface area contributed by atoms with Gasteiger partial charge in [-0.25, -0.2) is 4.39 Å². The summed E-state index contributed by atoms with van der Waals surface area (Å²) in [6.07, 6.45) is 2.55. The van der Waals surface area contributed by atoms with Crippen molar-refractivity contribution in [3.05, 3.63) is 70.0 Å². The van der Waals surface area contributed by atoms with E-state index in [1.807, 2.05) is 24.3 Å². The Balaban J connectivity index is 1.57. The van der Waals surface area contributed by atoms with Gasteiger partial charge in [-0.3, -0.25) is 9.59 Å². The van der Waals surface area contributed by atoms with Gasteiger partial charge in [-0.1, -0.05) is 41.9 Å². The fourth-order valence-corrected chi connectivity index (χ4v) is 3.83. The summed E-state index contributed by atoms with van der Waals surface area (Å²) in [6.45, 7) is 0.726. The average Bonchev–Trinajstić information content (AvgIpc) is 3.51. The van der Waals surface area contributed by atoms with Crippen molar-refractivity contribution in [3.8, 4) is 0 Å². The molecule has 4 rings (SSSR count). The molecule has 4 nitrogen and oxygen atoms in total. The molecular weight excluding hydrogens is 367 g/mol. The van der Waals surface area contributed by atoms with Gasteiger partial charge in [0.15, 0.2) is 0 Å². The van der Waals surface area contributed by atoms with Crippen LogP contribution >= 0.6 is 11.6 Å². The lowest BCUT2D eigenvalue weighted by Crippen LogP contribution is -2.47. The first kappa shape index (κ1) is 18.0. The molecule has 0 saturated heterocycles. The number of nitrogens with one attached hydrogen (secondary N) is 1. The predicted molar refractivity (Wildman–Crippen MR) is 101 cm³/mol. The van der Waals surface area contributed by atoms with Gasteiger partial charge < -0.3 is 10.2 Å². The van der Waals surface area contributed by atoms with E-state index >= 15 is 0 Å². The Morgan fingerprint density at radius 1 is 1.19 bits per heavy atom. The van der Waals surface area contributed by atoms with Crippen LogP contribution in [0, 0.1) is 11.7 Å². The van der Waals surface area contributed by atoms with Gasteiger partial charge in [0.1, 0.15) is 11.9 Å². The lowest BCUT2D eigenvalue weighted by atomic mass is 9.91. The molecule has 1 fully saturated rings. The number of hydrogen-bond donors (Lipinski definition) is 1. The molecule has 0 spiro atoms. The highest BCUT2D eigenvalue weighted by Crippen LogP contribution is 2.37. The number of rotatable bonds is 4. The minimum atomic E-state index is -0.637. The van der Waals surface area contributed by atoms with Gasteiger partial charge in [-0.15, -0.1) is 0 Å². The number of carbonyl (C=O) groups is 2. The van der Waals surface area contributed by atoms with Crippen LogP contribution in [0.3, 0.4) is 0 Å². The normalized spacial score (nSPS) is 18.7. The summed E-state index contributed by atoms with van der Waals surface area (Å²) in [7, 11) is 0. The zero-order valence-electron chi connectivity index (χ0n) is 14.8. The standard InChI is InChI=1S/C21H20ClFN2O2/c22-18-11-16(23)8-7-15(18)12-24-20(26)19-17-4-2-1-3-13(17)9-10-25(19)21(27)14-5-6-14/h1-4,7-8,11,14,19H,5-6,9-10,12H2,(H,24,26)/t19-/m1/s1. The van der Waals surface area contributed by atoms with Crippen molar-refractivity contribution in [2.24, 2.45) is 5.92 Å². The molecule has 6 heteroatoms. The van der Waals surface area contributed by atoms with Crippen molar-refractivity contribution in [1.29, 1.82) is 0 Å². The van der Waals surface area contributed by atoms with E-state index in [1.54, 1.807) is 11.0 Å². The van der Waals surface area contributed by atoms with Crippen molar-refractivity contribution < 1.29 is 14.0 Å². The van der Waals surface area contributed by atoms with E-state index in [0.29, 0.717) is 12.1 Å². The fourth-order valence-electron chi connectivity index (χ4n) is 3.60. The first-order valence-electron chi connectivity index (χ1n) is 9.14. The van der Waals surface area contributed by atoms with E-state index in [1.165, 1.54) is 12.1 Å². The Morgan fingerprint density at radius 2 is 1.96 bits per heavy atom. The van der Waals surface area contributed by atoms with Crippen LogP contribution in [0.4, 0.5) is 4.39 Å². The first-order valence-corrected chi connectivity index (χ1v) is 9.52. The van der Waals surface area contributed by atoms with Crippen LogP contribution < -0.4 is 5.32 Å². The van der Waals surface area contributed by atoms with Crippen LogP contribution in [0.2, 0.25) is 5.02 Å². The summed E-state index contributed by atoms with van der Waals surface area (Å²) in [4.78, 5) is 27.5. The molecule has 1 heterocycles. The van der Waals surface area contributed by atoms with Crippen molar-refractivity contribution in [3.63, 3.8) is 0 Å². The number of nitrogens with zero attached hydrogens (tertiary/aromatic N) is 1. The molecule has 0 unspecified atom stereocenters. The minimum absolute atomic E-state index is 0.0529. The molecule has 140 valence electrons. The van der Waals surface area contributed by atoms with E-state index in [4.69, 9.17) is 11.6 Å². The van der Waals surface area contributed by atoms with Gasteiger partial charge in [0.2, 0.25) is 11.8 Å². The molecule has 0 bridgehead atoms. The van der Waals surface area contributed by atoms with Gasteiger partial charge in [0, 0.05) is 24.0 Å². The largest absolute Gasteiger partial charge is 0.350 e. The van der Waals surface area contributed by atoms with Gasteiger partial charge in [0.05, 0.1) is 0 Å². The average molecular weight is 387 g/mol. The van der Waals surface area contributed by atoms with Gasteiger partial charge >= 0.3 is 0 Å².